The first-order valence-electron chi connectivity index (χ1n) is 20.3. The minimum Gasteiger partial charge on any atom is -0.543 e. The molecule has 10 rings (SSSR count). The molecule has 3 heteroatoms. The second kappa shape index (κ2) is 13.4. The van der Waals surface area contributed by atoms with Gasteiger partial charge in [0.15, 0.2) is 0 Å². The normalized spacial score (nSPS) is 51.2. The maximum Gasteiger partial charge on any atom is 2.00 e. The summed E-state index contributed by atoms with van der Waals surface area (Å²) in [5.41, 5.74) is 1.99. The van der Waals surface area contributed by atoms with Gasteiger partial charge in [0.1, 0.15) is 0 Å². The largest absolute Gasteiger partial charge is 2.00 e. The van der Waals surface area contributed by atoms with Crippen LogP contribution in [0.1, 0.15) is 154 Å². The van der Waals surface area contributed by atoms with Crippen molar-refractivity contribution in [3.05, 3.63) is 30.4 Å². The van der Waals surface area contributed by atoms with E-state index in [4.69, 9.17) is 9.47 Å². The smallest absolute Gasteiger partial charge is 0.543 e. The molecule has 0 aromatic rings. The van der Waals surface area contributed by atoms with Gasteiger partial charge in [-0.25, -0.2) is 12.7 Å². The third-order valence-corrected chi connectivity index (χ3v) is 15.8. The fourth-order valence-corrected chi connectivity index (χ4v) is 14.1. The molecular formula is C42H62O2W. The number of hydrogen-bond acceptors (Lipinski definition) is 2. The van der Waals surface area contributed by atoms with E-state index < -0.39 is 0 Å². The number of hydrogen-bond donors (Lipinski definition) is 0. The van der Waals surface area contributed by atoms with Crippen LogP contribution in [-0.4, -0.2) is 17.3 Å². The fourth-order valence-electron chi connectivity index (χ4n) is 14.1. The summed E-state index contributed by atoms with van der Waals surface area (Å²) >= 11 is 0. The average Bonchev–Trinajstić information content (AvgIpc) is 3.52. The van der Waals surface area contributed by atoms with Gasteiger partial charge in [-0.3, -0.25) is 0 Å². The SMILES string of the molecule is C1=C2CCCCC2[CH-]OC12C1CCCCC1C1CCCCC12.[C-]1=CC2(OC3CCCCC13)C1CCCCC1C1CCCCC12.[W+2]. The van der Waals surface area contributed by atoms with Gasteiger partial charge in [-0.2, -0.15) is 0 Å². The molecule has 0 bridgehead atoms. The van der Waals surface area contributed by atoms with Gasteiger partial charge >= 0.3 is 21.1 Å². The molecule has 8 aliphatic carbocycles. The quantitative estimate of drug-likeness (QED) is 0.180. The molecule has 2 aliphatic heterocycles. The second-order valence-electron chi connectivity index (χ2n) is 17.6. The Morgan fingerprint density at radius 1 is 0.556 bits per heavy atom. The zero-order valence-electron chi connectivity index (χ0n) is 28.3. The van der Waals surface area contributed by atoms with Gasteiger partial charge in [-0.05, 0) is 118 Å². The Kier molecular flexibility index (Phi) is 9.64. The topological polar surface area (TPSA) is 18.5 Å². The first-order chi connectivity index (χ1) is 21.8. The summed E-state index contributed by atoms with van der Waals surface area (Å²) in [6, 6.07) is 0. The summed E-state index contributed by atoms with van der Waals surface area (Å²) in [4.78, 5) is 0. The zero-order valence-corrected chi connectivity index (χ0v) is 31.2. The first kappa shape index (κ1) is 32.3. The summed E-state index contributed by atoms with van der Waals surface area (Å²) in [5.74, 6) is 8.48. The van der Waals surface area contributed by atoms with E-state index in [9.17, 15) is 0 Å². The first-order valence-corrected chi connectivity index (χ1v) is 20.3. The fraction of sp³-hybridized carbons (Fsp3) is 0.881. The van der Waals surface area contributed by atoms with E-state index in [1.165, 1.54) is 154 Å². The zero-order chi connectivity index (χ0) is 29.1. The van der Waals surface area contributed by atoms with Crippen LogP contribution in [0.15, 0.2) is 17.7 Å². The molecule has 8 fully saturated rings. The van der Waals surface area contributed by atoms with Crippen molar-refractivity contribution < 1.29 is 30.5 Å². The average molecular weight is 783 g/mol. The predicted molar refractivity (Wildman–Crippen MR) is 177 cm³/mol. The van der Waals surface area contributed by atoms with Crippen LogP contribution in [0, 0.1) is 71.9 Å². The molecular weight excluding hydrogens is 720 g/mol. The van der Waals surface area contributed by atoms with Gasteiger partial charge < -0.3 is 15.5 Å². The van der Waals surface area contributed by atoms with E-state index in [-0.39, 0.29) is 32.3 Å². The Bertz CT molecular complexity index is 1050. The van der Waals surface area contributed by atoms with Crippen LogP contribution >= 0.6 is 0 Å². The van der Waals surface area contributed by atoms with Gasteiger partial charge in [0.2, 0.25) is 0 Å². The molecule has 8 saturated carbocycles. The van der Waals surface area contributed by atoms with Crippen molar-refractivity contribution in [1.82, 2.24) is 0 Å². The molecule has 0 aromatic carbocycles. The van der Waals surface area contributed by atoms with Gasteiger partial charge in [0.25, 0.3) is 0 Å². The predicted octanol–water partition coefficient (Wildman–Crippen LogP) is 11.0. The molecule has 11 atom stereocenters. The molecule has 2 spiro atoms. The van der Waals surface area contributed by atoms with Gasteiger partial charge in [-0.1, -0.05) is 95.1 Å². The molecule has 2 heterocycles. The van der Waals surface area contributed by atoms with E-state index in [2.05, 4.69) is 24.8 Å². The standard InChI is InChI=1S/2C21H31O.W/c1-6-12-20-15(7-1)13-14-21(22-20)18-10-4-2-8-16(18)17-9-3-5-11-19(17)21;1-2-8-16-14-22-21(13-15(16)7-1)19-11-5-3-9-17(19)18-10-4-6-12-20(18)21;/h14-20H,1-12H2;13-14,16-20H,1-12H2;/q2*-1;+2. The minimum atomic E-state index is 0. The van der Waals surface area contributed by atoms with Crippen LogP contribution in [0.5, 0.6) is 0 Å². The molecule has 0 amide bonds. The Balaban J connectivity index is 0.000000131. The van der Waals surface area contributed by atoms with E-state index in [0.717, 1.165) is 47.3 Å². The summed E-state index contributed by atoms with van der Waals surface area (Å²) in [6.45, 7) is 2.30. The Morgan fingerprint density at radius 3 is 1.64 bits per heavy atom. The molecule has 10 aliphatic rings. The van der Waals surface area contributed by atoms with Crippen LogP contribution < -0.4 is 0 Å². The van der Waals surface area contributed by atoms with E-state index in [0.29, 0.717) is 17.9 Å². The third kappa shape index (κ3) is 5.42. The maximum atomic E-state index is 7.06. The van der Waals surface area contributed by atoms with Gasteiger partial charge in [0.05, 0.1) is 11.2 Å². The van der Waals surface area contributed by atoms with Crippen molar-refractivity contribution in [3.8, 4) is 0 Å². The van der Waals surface area contributed by atoms with Gasteiger partial charge in [0, 0.05) is 6.10 Å². The Hall–Kier alpha value is 0.0883. The third-order valence-electron chi connectivity index (χ3n) is 15.8. The molecule has 0 N–H and O–H groups in total. The van der Waals surface area contributed by atoms with Crippen molar-refractivity contribution >= 4 is 0 Å². The van der Waals surface area contributed by atoms with Crippen LogP contribution in [0.4, 0.5) is 0 Å². The second-order valence-corrected chi connectivity index (χ2v) is 17.6. The molecule has 11 unspecified atom stereocenters. The monoisotopic (exact) mass is 782 g/mol. The number of rotatable bonds is 0. The summed E-state index contributed by atoms with van der Waals surface area (Å²) in [5, 5.41) is 0. The van der Waals surface area contributed by atoms with Gasteiger partial charge in [-0.15, -0.1) is 11.8 Å². The molecule has 45 heavy (non-hydrogen) atoms. The van der Waals surface area contributed by atoms with Crippen molar-refractivity contribution in [2.45, 2.75) is 171 Å². The van der Waals surface area contributed by atoms with Crippen LogP contribution in [0.2, 0.25) is 0 Å². The minimum absolute atomic E-state index is 0. The Labute approximate surface area is 290 Å². The summed E-state index contributed by atoms with van der Waals surface area (Å²) in [6.07, 6.45) is 43.8. The maximum absolute atomic E-state index is 7.06. The van der Waals surface area contributed by atoms with E-state index >= 15 is 0 Å². The number of fused-ring (bicyclic) bond motifs is 12. The summed E-state index contributed by atoms with van der Waals surface area (Å²) < 4.78 is 13.8. The van der Waals surface area contributed by atoms with Crippen LogP contribution in [0.3, 0.4) is 0 Å². The Morgan fingerprint density at radius 2 is 1.04 bits per heavy atom. The number of ether oxygens (including phenoxy) is 2. The molecule has 0 aromatic heterocycles. The van der Waals surface area contributed by atoms with Crippen LogP contribution in [0.25, 0.3) is 0 Å². The van der Waals surface area contributed by atoms with Crippen LogP contribution in [-0.2, 0) is 30.5 Å². The van der Waals surface area contributed by atoms with E-state index in [1.807, 2.05) is 0 Å². The molecule has 248 valence electrons. The van der Waals surface area contributed by atoms with Crippen molar-refractivity contribution in [1.29, 1.82) is 0 Å². The molecule has 0 radical (unpaired) electrons. The molecule has 2 nitrogen and oxygen atoms in total. The molecule has 0 saturated heterocycles. The van der Waals surface area contributed by atoms with E-state index in [1.54, 1.807) is 5.57 Å². The van der Waals surface area contributed by atoms with Crippen molar-refractivity contribution in [2.75, 3.05) is 0 Å². The van der Waals surface area contributed by atoms with Crippen molar-refractivity contribution in [2.24, 2.45) is 59.2 Å². The van der Waals surface area contributed by atoms with Crippen molar-refractivity contribution in [3.63, 3.8) is 0 Å². The summed E-state index contributed by atoms with van der Waals surface area (Å²) in [7, 11) is 0.